The van der Waals surface area contributed by atoms with Crippen molar-refractivity contribution in [2.24, 2.45) is 0 Å². The summed E-state index contributed by atoms with van der Waals surface area (Å²) in [4.78, 5) is 14.7. The Balaban J connectivity index is 1.67. The Kier molecular flexibility index (Phi) is 7.02. The molecule has 1 aliphatic carbocycles. The molecule has 0 saturated carbocycles. The van der Waals surface area contributed by atoms with Crippen molar-refractivity contribution >= 4 is 5.91 Å². The van der Waals surface area contributed by atoms with Crippen LogP contribution in [0, 0.1) is 0 Å². The number of amides is 1. The van der Waals surface area contributed by atoms with Gasteiger partial charge in [-0.25, -0.2) is 0 Å². The van der Waals surface area contributed by atoms with Crippen molar-refractivity contribution in [1.29, 1.82) is 0 Å². The Bertz CT molecular complexity index is 849. The molecule has 0 spiro atoms. The highest BCUT2D eigenvalue weighted by atomic mass is 16.5. The number of benzene rings is 2. The normalized spacial score (nSPS) is 13.9. The van der Waals surface area contributed by atoms with E-state index in [4.69, 9.17) is 14.2 Å². The fourth-order valence-corrected chi connectivity index (χ4v) is 3.83. The summed E-state index contributed by atoms with van der Waals surface area (Å²) in [5, 5.41) is 0. The van der Waals surface area contributed by atoms with E-state index in [1.807, 2.05) is 31.2 Å². The van der Waals surface area contributed by atoms with Gasteiger partial charge in [-0.2, -0.15) is 0 Å². The van der Waals surface area contributed by atoms with Crippen molar-refractivity contribution in [3.05, 3.63) is 53.1 Å². The first-order valence-corrected chi connectivity index (χ1v) is 10.3. The minimum Gasteiger partial charge on any atom is -0.493 e. The number of carbonyl (C=O) groups excluding carboxylic acids is 1. The lowest BCUT2D eigenvalue weighted by Crippen LogP contribution is -2.39. The zero-order valence-corrected chi connectivity index (χ0v) is 17.9. The molecule has 156 valence electrons. The number of hydrogen-bond donors (Lipinski definition) is 0. The third-order valence-corrected chi connectivity index (χ3v) is 5.49. The largest absolute Gasteiger partial charge is 0.493 e. The molecule has 0 aromatic heterocycles. The van der Waals surface area contributed by atoms with Crippen LogP contribution in [0.1, 0.15) is 42.9 Å². The maximum Gasteiger partial charge on any atom is 0.263 e. The third-order valence-electron chi connectivity index (χ3n) is 5.49. The molecule has 5 nitrogen and oxygen atoms in total. The first-order chi connectivity index (χ1) is 14.0. The highest BCUT2D eigenvalue weighted by Gasteiger charge is 2.23. The monoisotopic (exact) mass is 397 g/mol. The zero-order chi connectivity index (χ0) is 20.8. The second-order valence-corrected chi connectivity index (χ2v) is 7.54. The van der Waals surface area contributed by atoms with Gasteiger partial charge in [-0.3, -0.25) is 4.79 Å². The Labute approximate surface area is 173 Å². The van der Waals surface area contributed by atoms with E-state index >= 15 is 0 Å². The number of rotatable bonds is 8. The number of hydrogen-bond acceptors (Lipinski definition) is 4. The van der Waals surface area contributed by atoms with Crippen LogP contribution in [0.15, 0.2) is 36.4 Å². The fraction of sp³-hybridized carbons (Fsp3) is 0.458. The molecule has 0 radical (unpaired) electrons. The molecule has 0 saturated heterocycles. The molecule has 29 heavy (non-hydrogen) atoms. The lowest BCUT2D eigenvalue weighted by molar-refractivity contribution is -0.138. The molecule has 3 rings (SSSR count). The Morgan fingerprint density at radius 2 is 1.72 bits per heavy atom. The summed E-state index contributed by atoms with van der Waals surface area (Å²) in [6.07, 6.45) is 4.83. The van der Waals surface area contributed by atoms with Crippen molar-refractivity contribution in [2.45, 2.75) is 51.7 Å². The molecule has 2 aromatic rings. The minimum atomic E-state index is -0.498. The average molecular weight is 398 g/mol. The molecule has 0 unspecified atom stereocenters. The maximum absolute atomic E-state index is 13.0. The zero-order valence-electron chi connectivity index (χ0n) is 17.9. The SMILES string of the molecule is CC[C@H](Oc1ccc2c(c1)CCCC2)C(=O)N(C)Cc1ccc(OC)c(OC)c1. The number of nitrogens with zero attached hydrogens (tertiary/aromatic N) is 1. The molecule has 5 heteroatoms. The summed E-state index contributed by atoms with van der Waals surface area (Å²) in [6.45, 7) is 2.45. The molecule has 1 amide bonds. The summed E-state index contributed by atoms with van der Waals surface area (Å²) < 4.78 is 16.7. The second-order valence-electron chi connectivity index (χ2n) is 7.54. The lowest BCUT2D eigenvalue weighted by atomic mass is 9.92. The Morgan fingerprint density at radius 1 is 1.00 bits per heavy atom. The van der Waals surface area contributed by atoms with Crippen LogP contribution in [0.5, 0.6) is 17.2 Å². The number of likely N-dealkylation sites (N-methyl/N-ethyl adjacent to an activating group) is 1. The van der Waals surface area contributed by atoms with Crippen LogP contribution in [0.2, 0.25) is 0 Å². The van der Waals surface area contributed by atoms with Crippen LogP contribution in [-0.2, 0) is 24.2 Å². The Morgan fingerprint density at radius 3 is 2.41 bits per heavy atom. The predicted molar refractivity (Wildman–Crippen MR) is 114 cm³/mol. The summed E-state index contributed by atoms with van der Waals surface area (Å²) in [7, 11) is 5.02. The van der Waals surface area contributed by atoms with Crippen LogP contribution >= 0.6 is 0 Å². The molecule has 0 aliphatic heterocycles. The van der Waals surface area contributed by atoms with Crippen molar-refractivity contribution < 1.29 is 19.0 Å². The Hall–Kier alpha value is -2.69. The molecule has 0 heterocycles. The van der Waals surface area contributed by atoms with E-state index in [1.165, 1.54) is 24.0 Å². The van der Waals surface area contributed by atoms with E-state index in [9.17, 15) is 4.79 Å². The van der Waals surface area contributed by atoms with Gasteiger partial charge in [-0.05, 0) is 73.1 Å². The van der Waals surface area contributed by atoms with E-state index in [1.54, 1.807) is 26.2 Å². The van der Waals surface area contributed by atoms with Gasteiger partial charge >= 0.3 is 0 Å². The first-order valence-electron chi connectivity index (χ1n) is 10.3. The van der Waals surface area contributed by atoms with Gasteiger partial charge in [0.15, 0.2) is 17.6 Å². The highest BCUT2D eigenvalue weighted by Crippen LogP contribution is 2.29. The molecule has 0 bridgehead atoms. The predicted octanol–water partition coefficient (Wildman–Crippen LogP) is 4.40. The van der Waals surface area contributed by atoms with E-state index in [0.29, 0.717) is 24.5 Å². The number of ether oxygens (including phenoxy) is 3. The second kappa shape index (κ2) is 9.68. The van der Waals surface area contributed by atoms with Gasteiger partial charge in [-0.1, -0.05) is 19.1 Å². The van der Waals surface area contributed by atoms with Crippen molar-refractivity contribution in [1.82, 2.24) is 4.90 Å². The third kappa shape index (κ3) is 5.03. The van der Waals surface area contributed by atoms with Crippen molar-refractivity contribution in [3.63, 3.8) is 0 Å². The standard InChI is InChI=1S/C24H31NO4/c1-5-21(29-20-12-11-18-8-6-7-9-19(18)15-20)24(26)25(2)16-17-10-13-22(27-3)23(14-17)28-4/h10-15,21H,5-9,16H2,1-4H3/t21-/m0/s1. The smallest absolute Gasteiger partial charge is 0.263 e. The average Bonchev–Trinajstić information content (AvgIpc) is 2.76. The van der Waals surface area contributed by atoms with E-state index in [2.05, 4.69) is 12.1 Å². The molecule has 0 N–H and O–H groups in total. The molecular weight excluding hydrogens is 366 g/mol. The summed E-state index contributed by atoms with van der Waals surface area (Å²) >= 11 is 0. The van der Waals surface area contributed by atoms with E-state index in [0.717, 1.165) is 24.2 Å². The van der Waals surface area contributed by atoms with Gasteiger partial charge in [0.1, 0.15) is 5.75 Å². The highest BCUT2D eigenvalue weighted by molar-refractivity contribution is 5.81. The summed E-state index contributed by atoms with van der Waals surface area (Å²) in [6, 6.07) is 11.9. The van der Waals surface area contributed by atoms with E-state index in [-0.39, 0.29) is 5.91 Å². The van der Waals surface area contributed by atoms with Crippen LogP contribution in [0.25, 0.3) is 0 Å². The lowest BCUT2D eigenvalue weighted by Gasteiger charge is -2.25. The number of methoxy groups -OCH3 is 2. The van der Waals surface area contributed by atoms with Crippen LogP contribution < -0.4 is 14.2 Å². The molecule has 0 fully saturated rings. The van der Waals surface area contributed by atoms with Crippen molar-refractivity contribution in [2.75, 3.05) is 21.3 Å². The van der Waals surface area contributed by atoms with Crippen LogP contribution in [0.3, 0.4) is 0 Å². The maximum atomic E-state index is 13.0. The molecule has 2 aromatic carbocycles. The molecule has 1 atom stereocenters. The van der Waals surface area contributed by atoms with Gasteiger partial charge in [-0.15, -0.1) is 0 Å². The fourth-order valence-electron chi connectivity index (χ4n) is 3.83. The van der Waals surface area contributed by atoms with Crippen molar-refractivity contribution in [3.8, 4) is 17.2 Å². The van der Waals surface area contributed by atoms with Gasteiger partial charge in [0.2, 0.25) is 0 Å². The number of carbonyl (C=O) groups is 1. The molecular formula is C24H31NO4. The number of aryl methyl sites for hydroxylation is 2. The summed E-state index contributed by atoms with van der Waals surface area (Å²) in [5.41, 5.74) is 3.74. The quantitative estimate of drug-likeness (QED) is 0.662. The minimum absolute atomic E-state index is 0.0278. The topological polar surface area (TPSA) is 48.0 Å². The van der Waals surface area contributed by atoms with Gasteiger partial charge in [0.25, 0.3) is 5.91 Å². The molecule has 1 aliphatic rings. The van der Waals surface area contributed by atoms with E-state index < -0.39 is 6.10 Å². The van der Waals surface area contributed by atoms with Gasteiger partial charge < -0.3 is 19.1 Å². The van der Waals surface area contributed by atoms with Gasteiger partial charge in [0.05, 0.1) is 14.2 Å². The number of fused-ring (bicyclic) bond motifs is 1. The summed E-state index contributed by atoms with van der Waals surface area (Å²) in [5.74, 6) is 2.08. The van der Waals surface area contributed by atoms with Crippen LogP contribution in [-0.4, -0.2) is 38.2 Å². The first kappa shape index (κ1) is 21.0. The van der Waals surface area contributed by atoms with Crippen LogP contribution in [0.4, 0.5) is 0 Å². The van der Waals surface area contributed by atoms with Gasteiger partial charge in [0, 0.05) is 13.6 Å².